The molecule has 0 aromatic rings. The average Bonchev–Trinajstić information content (AvgIpc) is 3.19. The highest BCUT2D eigenvalue weighted by atomic mass is 16.6. The van der Waals surface area contributed by atoms with Crippen LogP contribution in [0.2, 0.25) is 0 Å². The molecule has 5 aliphatic heterocycles. The molecule has 7 aliphatic rings. The first-order valence-electron chi connectivity index (χ1n) is 22.3. The molecule has 5 heterocycles. The van der Waals surface area contributed by atoms with Crippen LogP contribution in [0.5, 0.6) is 0 Å². The Morgan fingerprint density at radius 1 is 1.05 bits per heavy atom. The Bertz CT molecular complexity index is 1500. The average molecular weight is 798 g/mol. The van der Waals surface area contributed by atoms with Crippen LogP contribution in [0.4, 0.5) is 0 Å². The number of ether oxygens (including phenoxy) is 3. The van der Waals surface area contributed by atoms with Crippen molar-refractivity contribution >= 4 is 11.8 Å². The molecule has 6 fully saturated rings. The maximum atomic E-state index is 14.2. The van der Waals surface area contributed by atoms with Crippen LogP contribution in [-0.2, 0) is 23.8 Å². The van der Waals surface area contributed by atoms with Crippen LogP contribution < -0.4 is 27.4 Å². The second kappa shape index (κ2) is 18.8. The Morgan fingerprint density at radius 3 is 2.58 bits per heavy atom. The quantitative estimate of drug-likeness (QED) is 0.0901. The monoisotopic (exact) mass is 798 g/mol. The number of Topliss-reactive ketones (excluding diaryl/α,β-unsaturated/α-hetero) is 1. The lowest BCUT2D eigenvalue weighted by Gasteiger charge is -2.62. The Kier molecular flexibility index (Phi) is 14.2. The molecule has 0 spiro atoms. The number of aliphatic hydroxyl groups is 3. The van der Waals surface area contributed by atoms with E-state index in [0.717, 1.165) is 58.0 Å². The number of nitrogens with one attached hydrogen (secondary N) is 3. The molecular weight excluding hydrogens is 727 g/mol. The van der Waals surface area contributed by atoms with Gasteiger partial charge in [0.1, 0.15) is 17.5 Å². The smallest absolute Gasteiger partial charge is 0.335 e. The molecule has 13 heteroatoms. The van der Waals surface area contributed by atoms with Crippen molar-refractivity contribution in [3.05, 3.63) is 11.6 Å². The van der Waals surface area contributed by atoms with Crippen molar-refractivity contribution < 1.29 is 39.1 Å². The van der Waals surface area contributed by atoms with Gasteiger partial charge in [-0.15, -0.1) is 5.92 Å². The lowest BCUT2D eigenvalue weighted by Crippen LogP contribution is -2.71. The number of hydrogen-bond acceptors (Lipinski definition) is 13. The number of carbonyl (C=O) groups is 2. The maximum absolute atomic E-state index is 14.2. The molecule has 10 N–H and O–H groups in total. The zero-order valence-electron chi connectivity index (χ0n) is 34.5. The van der Waals surface area contributed by atoms with Crippen LogP contribution in [0.25, 0.3) is 0 Å². The number of fused-ring (bicyclic) bond motifs is 3. The van der Waals surface area contributed by atoms with Crippen molar-refractivity contribution in [3.8, 4) is 11.8 Å². The minimum atomic E-state index is -1.10. The number of likely N-dealkylation sites (N-methyl/N-ethyl adjacent to an activating group) is 1. The van der Waals surface area contributed by atoms with Gasteiger partial charge in [-0.25, -0.2) is 4.79 Å². The summed E-state index contributed by atoms with van der Waals surface area (Å²) in [4.78, 5) is 28.3. The molecule has 7 rings (SSSR count). The highest BCUT2D eigenvalue weighted by molar-refractivity contribution is 5.89. The summed E-state index contributed by atoms with van der Waals surface area (Å²) < 4.78 is 21.1. The van der Waals surface area contributed by atoms with E-state index in [-0.39, 0.29) is 66.6 Å². The first kappa shape index (κ1) is 43.1. The number of aliphatic hydroxyl groups excluding tert-OH is 3. The highest BCUT2D eigenvalue weighted by Crippen LogP contribution is 2.57. The molecule has 57 heavy (non-hydrogen) atoms. The number of hydrogen-bond donors (Lipinski definition) is 8. The molecule has 0 aromatic heterocycles. The van der Waals surface area contributed by atoms with E-state index in [0.29, 0.717) is 50.3 Å². The molecule has 4 saturated heterocycles. The van der Waals surface area contributed by atoms with Crippen molar-refractivity contribution in [2.45, 2.75) is 152 Å². The van der Waals surface area contributed by atoms with Crippen molar-refractivity contribution in [2.75, 3.05) is 32.8 Å². The van der Waals surface area contributed by atoms with Gasteiger partial charge in [-0.2, -0.15) is 0 Å². The third-order valence-corrected chi connectivity index (χ3v) is 15.3. The summed E-state index contributed by atoms with van der Waals surface area (Å²) in [5, 5.41) is 44.2. The van der Waals surface area contributed by atoms with E-state index in [4.69, 9.17) is 25.7 Å². The number of esters is 1. The molecule has 2 bridgehead atoms. The van der Waals surface area contributed by atoms with Gasteiger partial charge in [0.2, 0.25) is 0 Å². The van der Waals surface area contributed by atoms with Crippen LogP contribution in [-0.4, -0.2) is 114 Å². The Hall–Kier alpha value is -1.96. The highest BCUT2D eigenvalue weighted by Gasteiger charge is 2.65. The Morgan fingerprint density at radius 2 is 1.88 bits per heavy atom. The fourth-order valence-electron chi connectivity index (χ4n) is 12.3. The molecule has 2 saturated carbocycles. The molecule has 13 nitrogen and oxygen atoms in total. The molecular formula is C44H71N5O8. The van der Waals surface area contributed by atoms with Gasteiger partial charge in [0.15, 0.2) is 0 Å². The standard InChI is InChI=1S/C44H71N5O8/c1-4-25(22-47-5-2)43(54)56-34-20-32-40(53)38-33(52)19-30(23-50)55-42(38)39-37(27-14-15-48-36(46)18-27)31(26-8-6-10-29(51)17-26)11-7-9-28(44(34,3)57-41(32)39)16-24-12-13-35(45)49-21-24/h4,24,26-32,34-42,47-51,53H,5-6,8-10,12-23,45-46H2,1-3H3. The van der Waals surface area contributed by atoms with Crippen LogP contribution in [0.1, 0.15) is 97.8 Å². The van der Waals surface area contributed by atoms with E-state index in [1.54, 1.807) is 6.08 Å². The van der Waals surface area contributed by atoms with E-state index in [1.807, 2.05) is 13.8 Å². The van der Waals surface area contributed by atoms with E-state index in [1.165, 1.54) is 0 Å². The van der Waals surface area contributed by atoms with Crippen LogP contribution in [0.15, 0.2) is 11.6 Å². The maximum Gasteiger partial charge on any atom is 0.335 e. The predicted octanol–water partition coefficient (Wildman–Crippen LogP) is 1.71. The number of piperidine rings is 2. The van der Waals surface area contributed by atoms with Crippen molar-refractivity contribution in [2.24, 2.45) is 64.7 Å². The van der Waals surface area contributed by atoms with Gasteiger partial charge in [-0.1, -0.05) is 25.3 Å². The third-order valence-electron chi connectivity index (χ3n) is 15.3. The first-order chi connectivity index (χ1) is 27.4. The lowest BCUT2D eigenvalue weighted by atomic mass is 9.53. The Balaban J connectivity index is 1.38. The second-order valence-corrected chi connectivity index (χ2v) is 18.8. The lowest BCUT2D eigenvalue weighted by molar-refractivity contribution is -0.304. The van der Waals surface area contributed by atoms with Crippen molar-refractivity contribution in [1.29, 1.82) is 0 Å². The summed E-state index contributed by atoms with van der Waals surface area (Å²) in [5.74, 6) is 5.49. The van der Waals surface area contributed by atoms with Gasteiger partial charge < -0.3 is 56.9 Å². The number of nitrogens with two attached hydrogens (primary N) is 2. The molecule has 0 aromatic carbocycles. The van der Waals surface area contributed by atoms with Crippen LogP contribution >= 0.6 is 0 Å². The van der Waals surface area contributed by atoms with Gasteiger partial charge in [-0.05, 0) is 115 Å². The number of carbonyl (C=O) groups excluding carboxylic acids is 2. The van der Waals surface area contributed by atoms with Gasteiger partial charge in [-0.3, -0.25) is 4.79 Å². The molecule has 18 unspecified atom stereocenters. The molecule has 18 atom stereocenters. The van der Waals surface area contributed by atoms with Gasteiger partial charge >= 0.3 is 5.97 Å². The van der Waals surface area contributed by atoms with Crippen LogP contribution in [0, 0.1) is 65.1 Å². The Labute approximate surface area is 339 Å². The van der Waals surface area contributed by atoms with E-state index >= 15 is 0 Å². The molecule has 320 valence electrons. The summed E-state index contributed by atoms with van der Waals surface area (Å²) in [5.41, 5.74) is 12.5. The first-order valence-corrected chi connectivity index (χ1v) is 22.3. The predicted molar refractivity (Wildman–Crippen MR) is 215 cm³/mol. The fourth-order valence-corrected chi connectivity index (χ4v) is 12.3. The zero-order valence-corrected chi connectivity index (χ0v) is 34.5. The van der Waals surface area contributed by atoms with Gasteiger partial charge in [0, 0.05) is 48.6 Å². The zero-order chi connectivity index (χ0) is 40.4. The van der Waals surface area contributed by atoms with Crippen LogP contribution in [0.3, 0.4) is 0 Å². The van der Waals surface area contributed by atoms with E-state index in [2.05, 4.69) is 34.7 Å². The molecule has 2 aliphatic carbocycles. The SMILES string of the molecule is CC=C(CNCC)C(=O)OC1CC2C(O)C3C(=O)CC(CO)OC3C3C2OC1(C)C(CC1CCC(N)NC1)CC#CC(C1CCCC(O)C1)C3C1CCNC(N)C1. The third kappa shape index (κ3) is 9.07. The normalized spacial score (nSPS) is 46.6. The second-order valence-electron chi connectivity index (χ2n) is 18.8. The largest absolute Gasteiger partial charge is 0.456 e. The summed E-state index contributed by atoms with van der Waals surface area (Å²) in [6.45, 7) is 8.19. The van der Waals surface area contributed by atoms with E-state index < -0.39 is 60.0 Å². The minimum absolute atomic E-state index is 0.0208. The number of rotatable bonds is 10. The number of ketones is 1. The topological polar surface area (TPSA) is 211 Å². The summed E-state index contributed by atoms with van der Waals surface area (Å²) in [6, 6.07) is 0. The number of allylic oxidation sites excluding steroid dienone is 1. The summed E-state index contributed by atoms with van der Waals surface area (Å²) in [7, 11) is 0. The van der Waals surface area contributed by atoms with Crippen molar-refractivity contribution in [3.63, 3.8) is 0 Å². The minimum Gasteiger partial charge on any atom is -0.456 e. The summed E-state index contributed by atoms with van der Waals surface area (Å²) >= 11 is 0. The van der Waals surface area contributed by atoms with Crippen molar-refractivity contribution in [1.82, 2.24) is 16.0 Å². The van der Waals surface area contributed by atoms with Gasteiger partial charge in [0.05, 0.1) is 55.4 Å². The summed E-state index contributed by atoms with van der Waals surface area (Å²) in [6.07, 6.45) is 5.66. The fraction of sp³-hybridized carbons (Fsp3) is 0.864. The van der Waals surface area contributed by atoms with Gasteiger partial charge in [0.25, 0.3) is 0 Å². The molecule has 0 radical (unpaired) electrons. The van der Waals surface area contributed by atoms with E-state index in [9.17, 15) is 24.9 Å². The molecule has 0 amide bonds.